The Labute approximate surface area is 156 Å². The molecule has 25 heavy (non-hydrogen) atoms. The minimum Gasteiger partial charge on any atom is -0.361 e. The molecule has 0 bridgehead atoms. The number of unbranched alkanes of at least 4 members (excludes halogenated alkanes) is 1. The van der Waals surface area contributed by atoms with E-state index in [0.29, 0.717) is 15.9 Å². The van der Waals surface area contributed by atoms with Crippen LogP contribution in [0.25, 0.3) is 10.9 Å². The molecule has 0 unspecified atom stereocenters. The Kier molecular flexibility index (Phi) is 5.93. The number of nitriles is 1. The number of pyridine rings is 1. The van der Waals surface area contributed by atoms with Gasteiger partial charge in [-0.3, -0.25) is 0 Å². The second kappa shape index (κ2) is 8.35. The predicted octanol–water partition coefficient (Wildman–Crippen LogP) is 4.85. The molecule has 0 saturated heterocycles. The summed E-state index contributed by atoms with van der Waals surface area (Å²) in [5.74, 6) is 0. The van der Waals surface area contributed by atoms with Crippen molar-refractivity contribution in [1.82, 2.24) is 15.3 Å². The van der Waals surface area contributed by atoms with Crippen LogP contribution in [-0.2, 0) is 13.0 Å². The number of nitrogens with zero attached hydrogens (tertiary/aromatic N) is 2. The molecule has 0 spiro atoms. The molecule has 0 amide bonds. The van der Waals surface area contributed by atoms with E-state index in [1.165, 1.54) is 5.56 Å². The van der Waals surface area contributed by atoms with Gasteiger partial charge >= 0.3 is 0 Å². The molecule has 2 aromatic heterocycles. The lowest BCUT2D eigenvalue weighted by atomic mass is 10.1. The summed E-state index contributed by atoms with van der Waals surface area (Å²) in [6.07, 6.45) is 5.18. The van der Waals surface area contributed by atoms with E-state index in [2.05, 4.69) is 21.4 Å². The summed E-state index contributed by atoms with van der Waals surface area (Å²) < 4.78 is 0. The maximum atomic E-state index is 9.04. The molecule has 2 heterocycles. The fourth-order valence-corrected chi connectivity index (χ4v) is 3.37. The van der Waals surface area contributed by atoms with Gasteiger partial charge in [0.15, 0.2) is 0 Å². The van der Waals surface area contributed by atoms with Crippen LogP contribution in [0.3, 0.4) is 0 Å². The lowest BCUT2D eigenvalue weighted by Gasteiger charge is -2.06. The fraction of sp³-hybridized carbons (Fsp3) is 0.263. The predicted molar refractivity (Wildman–Crippen MR) is 102 cm³/mol. The van der Waals surface area contributed by atoms with Crippen LogP contribution in [0.15, 0.2) is 36.5 Å². The summed E-state index contributed by atoms with van der Waals surface area (Å²) in [5, 5.41) is 14.4. The third kappa shape index (κ3) is 4.73. The largest absolute Gasteiger partial charge is 0.361 e. The Morgan fingerprint density at radius 1 is 1.12 bits per heavy atom. The first-order chi connectivity index (χ1) is 12.2. The molecule has 0 aliphatic rings. The van der Waals surface area contributed by atoms with Crippen LogP contribution in [0.2, 0.25) is 10.3 Å². The smallest absolute Gasteiger partial charge is 0.131 e. The van der Waals surface area contributed by atoms with E-state index in [0.717, 1.165) is 48.8 Å². The molecule has 1 aromatic carbocycles. The Hall–Kier alpha value is -2.06. The number of nitrogens with one attached hydrogen (secondary N) is 2. The first-order valence-corrected chi connectivity index (χ1v) is 8.94. The molecular weight excluding hydrogens is 355 g/mol. The van der Waals surface area contributed by atoms with Gasteiger partial charge in [-0.05, 0) is 67.3 Å². The zero-order valence-corrected chi connectivity index (χ0v) is 15.2. The van der Waals surface area contributed by atoms with Crippen LogP contribution in [0.1, 0.15) is 29.5 Å². The van der Waals surface area contributed by atoms with Crippen molar-refractivity contribution < 1.29 is 0 Å². The second-order valence-corrected chi connectivity index (χ2v) is 6.72. The number of aromatic amines is 1. The number of halogens is 2. The van der Waals surface area contributed by atoms with Gasteiger partial charge in [0.25, 0.3) is 0 Å². The van der Waals surface area contributed by atoms with Crippen LogP contribution in [0, 0.1) is 11.3 Å². The zero-order chi connectivity index (χ0) is 17.6. The second-order valence-electron chi connectivity index (χ2n) is 5.94. The zero-order valence-electron chi connectivity index (χ0n) is 13.6. The van der Waals surface area contributed by atoms with Crippen molar-refractivity contribution in [2.75, 3.05) is 6.54 Å². The maximum absolute atomic E-state index is 9.04. The van der Waals surface area contributed by atoms with Gasteiger partial charge < -0.3 is 10.3 Å². The average Bonchev–Trinajstić information content (AvgIpc) is 2.99. The van der Waals surface area contributed by atoms with E-state index in [9.17, 15) is 0 Å². The summed E-state index contributed by atoms with van der Waals surface area (Å²) in [6, 6.07) is 11.6. The summed E-state index contributed by atoms with van der Waals surface area (Å²) >= 11 is 11.8. The lowest BCUT2D eigenvalue weighted by molar-refractivity contribution is 0.623. The molecule has 0 saturated carbocycles. The highest BCUT2D eigenvalue weighted by atomic mass is 35.5. The molecule has 6 heteroatoms. The van der Waals surface area contributed by atoms with Gasteiger partial charge in [0, 0.05) is 23.6 Å². The molecular formula is C19H18Cl2N4. The molecule has 0 atom stereocenters. The normalized spacial score (nSPS) is 10.9. The van der Waals surface area contributed by atoms with Gasteiger partial charge in [-0.2, -0.15) is 5.26 Å². The minimum absolute atomic E-state index is 0.417. The van der Waals surface area contributed by atoms with Crippen LogP contribution in [0.5, 0.6) is 0 Å². The molecule has 4 nitrogen and oxygen atoms in total. The highest BCUT2D eigenvalue weighted by molar-refractivity contribution is 6.32. The van der Waals surface area contributed by atoms with Crippen molar-refractivity contribution in [2.45, 2.75) is 25.8 Å². The molecule has 3 aromatic rings. The Morgan fingerprint density at radius 2 is 1.92 bits per heavy atom. The summed E-state index contributed by atoms with van der Waals surface area (Å²) in [4.78, 5) is 7.21. The highest BCUT2D eigenvalue weighted by Crippen LogP contribution is 2.21. The lowest BCUT2D eigenvalue weighted by Crippen LogP contribution is -2.15. The van der Waals surface area contributed by atoms with Crippen molar-refractivity contribution in [3.8, 4) is 6.07 Å². The summed E-state index contributed by atoms with van der Waals surface area (Å²) in [5.41, 5.74) is 4.08. The van der Waals surface area contributed by atoms with E-state index in [-0.39, 0.29) is 0 Å². The van der Waals surface area contributed by atoms with Crippen molar-refractivity contribution >= 4 is 34.1 Å². The van der Waals surface area contributed by atoms with Crippen LogP contribution >= 0.6 is 23.2 Å². The standard InChI is InChI=1S/C19H18Cl2N4/c20-18-8-14(9-19(21)25-18)11-23-6-2-1-3-15-12-24-17-5-4-13(10-22)7-16(15)17/h4-5,7-9,12,23-24H,1-3,6,11H2. The number of rotatable bonds is 7. The first-order valence-electron chi connectivity index (χ1n) is 8.18. The fourth-order valence-electron chi connectivity index (χ4n) is 2.87. The van der Waals surface area contributed by atoms with E-state index in [1.807, 2.05) is 36.5 Å². The van der Waals surface area contributed by atoms with Gasteiger partial charge in [-0.25, -0.2) is 4.98 Å². The van der Waals surface area contributed by atoms with E-state index >= 15 is 0 Å². The number of hydrogen-bond acceptors (Lipinski definition) is 3. The van der Waals surface area contributed by atoms with E-state index in [1.54, 1.807) is 0 Å². The summed E-state index contributed by atoms with van der Waals surface area (Å²) in [6.45, 7) is 1.64. The van der Waals surface area contributed by atoms with Crippen molar-refractivity contribution in [1.29, 1.82) is 5.26 Å². The molecule has 3 rings (SSSR count). The van der Waals surface area contributed by atoms with Gasteiger partial charge in [-0.1, -0.05) is 23.2 Å². The Bertz CT molecular complexity index is 891. The number of aryl methyl sites for hydroxylation is 1. The van der Waals surface area contributed by atoms with Crippen LogP contribution in [0.4, 0.5) is 0 Å². The van der Waals surface area contributed by atoms with Crippen LogP contribution < -0.4 is 5.32 Å². The monoisotopic (exact) mass is 372 g/mol. The molecule has 0 radical (unpaired) electrons. The minimum atomic E-state index is 0.417. The topological polar surface area (TPSA) is 64.5 Å². The Morgan fingerprint density at radius 3 is 2.68 bits per heavy atom. The quantitative estimate of drug-likeness (QED) is 0.459. The van der Waals surface area contributed by atoms with Crippen molar-refractivity contribution in [3.63, 3.8) is 0 Å². The molecule has 2 N–H and O–H groups in total. The number of aromatic nitrogens is 2. The molecule has 0 aliphatic heterocycles. The van der Waals surface area contributed by atoms with Crippen LogP contribution in [-0.4, -0.2) is 16.5 Å². The van der Waals surface area contributed by atoms with Gasteiger partial charge in [-0.15, -0.1) is 0 Å². The third-order valence-electron chi connectivity index (χ3n) is 4.10. The number of hydrogen-bond donors (Lipinski definition) is 2. The average molecular weight is 373 g/mol. The van der Waals surface area contributed by atoms with E-state index in [4.69, 9.17) is 28.5 Å². The van der Waals surface area contributed by atoms with Gasteiger partial charge in [0.1, 0.15) is 10.3 Å². The van der Waals surface area contributed by atoms with Gasteiger partial charge in [0.05, 0.1) is 11.6 Å². The van der Waals surface area contributed by atoms with Crippen molar-refractivity contribution in [3.05, 3.63) is 63.5 Å². The molecule has 0 fully saturated rings. The number of H-pyrrole nitrogens is 1. The third-order valence-corrected chi connectivity index (χ3v) is 4.49. The Balaban J connectivity index is 1.45. The number of fused-ring (bicyclic) bond motifs is 1. The first kappa shape index (κ1) is 17.8. The van der Waals surface area contributed by atoms with Gasteiger partial charge in [0.2, 0.25) is 0 Å². The SMILES string of the molecule is N#Cc1ccc2[nH]cc(CCCCNCc3cc(Cl)nc(Cl)c3)c2c1. The van der Waals surface area contributed by atoms with E-state index < -0.39 is 0 Å². The highest BCUT2D eigenvalue weighted by Gasteiger charge is 2.05. The maximum Gasteiger partial charge on any atom is 0.131 e. The number of benzene rings is 1. The molecule has 0 aliphatic carbocycles. The van der Waals surface area contributed by atoms with Crippen molar-refractivity contribution in [2.24, 2.45) is 0 Å². The summed E-state index contributed by atoms with van der Waals surface area (Å²) in [7, 11) is 0. The molecule has 128 valence electrons.